The average Bonchev–Trinajstić information content (AvgIpc) is 2.81. The SMILES string of the molecule is O=c1ccc(-c2nc3c([nH]2)CC(C(F)(F)F)CC3)n[nH]1. The molecule has 2 aromatic heterocycles. The highest BCUT2D eigenvalue weighted by molar-refractivity contribution is 5.49. The number of fused-ring (bicyclic) bond motifs is 1. The van der Waals surface area contributed by atoms with E-state index in [0.717, 1.165) is 0 Å². The van der Waals surface area contributed by atoms with Crippen LogP contribution in [0.5, 0.6) is 0 Å². The van der Waals surface area contributed by atoms with Gasteiger partial charge in [0, 0.05) is 18.2 Å². The number of halogens is 3. The van der Waals surface area contributed by atoms with Crippen molar-refractivity contribution in [2.75, 3.05) is 0 Å². The van der Waals surface area contributed by atoms with Gasteiger partial charge in [-0.05, 0) is 18.9 Å². The van der Waals surface area contributed by atoms with Gasteiger partial charge in [-0.1, -0.05) is 0 Å². The van der Waals surface area contributed by atoms with Crippen LogP contribution in [0.3, 0.4) is 0 Å². The van der Waals surface area contributed by atoms with Crippen LogP contribution < -0.4 is 5.56 Å². The van der Waals surface area contributed by atoms with Gasteiger partial charge in [-0.2, -0.15) is 18.3 Å². The number of nitrogens with one attached hydrogen (secondary N) is 2. The monoisotopic (exact) mass is 284 g/mol. The van der Waals surface area contributed by atoms with E-state index in [9.17, 15) is 18.0 Å². The lowest BCUT2D eigenvalue weighted by molar-refractivity contribution is -0.177. The molecule has 1 aliphatic rings. The number of rotatable bonds is 1. The molecule has 5 nitrogen and oxygen atoms in total. The van der Waals surface area contributed by atoms with Crippen LogP contribution in [0.4, 0.5) is 13.2 Å². The maximum atomic E-state index is 12.7. The van der Waals surface area contributed by atoms with Crippen molar-refractivity contribution in [2.24, 2.45) is 5.92 Å². The number of H-pyrrole nitrogens is 2. The molecule has 0 saturated heterocycles. The van der Waals surface area contributed by atoms with Crippen LogP contribution >= 0.6 is 0 Å². The second-order valence-corrected chi connectivity index (χ2v) is 4.80. The Hall–Kier alpha value is -2.12. The van der Waals surface area contributed by atoms with E-state index in [1.165, 1.54) is 12.1 Å². The molecular weight excluding hydrogens is 273 g/mol. The molecule has 20 heavy (non-hydrogen) atoms. The van der Waals surface area contributed by atoms with Crippen LogP contribution in [-0.4, -0.2) is 26.3 Å². The predicted molar refractivity (Wildman–Crippen MR) is 64.0 cm³/mol. The molecule has 1 atom stereocenters. The van der Waals surface area contributed by atoms with Crippen molar-refractivity contribution in [2.45, 2.75) is 25.4 Å². The summed E-state index contributed by atoms with van der Waals surface area (Å²) in [6, 6.07) is 2.77. The van der Waals surface area contributed by atoms with E-state index in [4.69, 9.17) is 0 Å². The number of imidazole rings is 1. The van der Waals surface area contributed by atoms with Gasteiger partial charge in [0.15, 0.2) is 5.82 Å². The van der Waals surface area contributed by atoms with Gasteiger partial charge < -0.3 is 4.98 Å². The third kappa shape index (κ3) is 2.33. The summed E-state index contributed by atoms with van der Waals surface area (Å²) in [6.07, 6.45) is -3.92. The Morgan fingerprint density at radius 1 is 1.30 bits per heavy atom. The van der Waals surface area contributed by atoms with E-state index >= 15 is 0 Å². The van der Waals surface area contributed by atoms with Crippen molar-refractivity contribution < 1.29 is 13.2 Å². The summed E-state index contributed by atoms with van der Waals surface area (Å²) in [5, 5.41) is 6.07. The first-order valence-electron chi connectivity index (χ1n) is 6.14. The molecule has 0 aromatic carbocycles. The van der Waals surface area contributed by atoms with Crippen LogP contribution in [0.25, 0.3) is 11.5 Å². The van der Waals surface area contributed by atoms with Crippen molar-refractivity contribution in [3.05, 3.63) is 33.9 Å². The molecule has 0 radical (unpaired) electrons. The molecule has 2 heterocycles. The van der Waals surface area contributed by atoms with E-state index in [2.05, 4.69) is 20.2 Å². The minimum absolute atomic E-state index is 0.0554. The van der Waals surface area contributed by atoms with Gasteiger partial charge in [0.2, 0.25) is 0 Å². The van der Waals surface area contributed by atoms with E-state index in [0.29, 0.717) is 29.3 Å². The molecule has 8 heteroatoms. The Bertz CT molecular complexity index is 668. The van der Waals surface area contributed by atoms with E-state index in [-0.39, 0.29) is 18.4 Å². The number of hydrogen-bond acceptors (Lipinski definition) is 3. The van der Waals surface area contributed by atoms with E-state index < -0.39 is 12.1 Å². The van der Waals surface area contributed by atoms with E-state index in [1.807, 2.05) is 0 Å². The third-order valence-electron chi connectivity index (χ3n) is 3.43. The van der Waals surface area contributed by atoms with Gasteiger partial charge in [0.05, 0.1) is 11.6 Å². The summed E-state index contributed by atoms with van der Waals surface area (Å²) >= 11 is 0. The lowest BCUT2D eigenvalue weighted by Gasteiger charge is -2.23. The van der Waals surface area contributed by atoms with Gasteiger partial charge >= 0.3 is 6.18 Å². The average molecular weight is 284 g/mol. The van der Waals surface area contributed by atoms with Crippen LogP contribution in [0.1, 0.15) is 17.8 Å². The Balaban J connectivity index is 1.90. The second-order valence-electron chi connectivity index (χ2n) is 4.80. The van der Waals surface area contributed by atoms with Crippen LogP contribution in [0.15, 0.2) is 16.9 Å². The zero-order valence-electron chi connectivity index (χ0n) is 10.3. The molecule has 0 fully saturated rings. The fraction of sp³-hybridized carbons (Fsp3) is 0.417. The lowest BCUT2D eigenvalue weighted by Crippen LogP contribution is -2.28. The summed E-state index contributed by atoms with van der Waals surface area (Å²) in [4.78, 5) is 18.1. The fourth-order valence-corrected chi connectivity index (χ4v) is 2.36. The lowest BCUT2D eigenvalue weighted by atomic mass is 9.89. The third-order valence-corrected chi connectivity index (χ3v) is 3.43. The number of aromatic nitrogens is 4. The Kier molecular flexibility index (Phi) is 2.88. The largest absolute Gasteiger partial charge is 0.392 e. The normalized spacial score (nSPS) is 18.9. The molecule has 0 saturated carbocycles. The predicted octanol–water partition coefficient (Wildman–Crippen LogP) is 1.83. The zero-order chi connectivity index (χ0) is 14.3. The minimum Gasteiger partial charge on any atom is -0.340 e. The summed E-state index contributed by atoms with van der Waals surface area (Å²) in [5.41, 5.74) is 1.21. The zero-order valence-corrected chi connectivity index (χ0v) is 10.3. The maximum Gasteiger partial charge on any atom is 0.392 e. The number of aromatic amines is 2. The Labute approximate surface area is 111 Å². The standard InChI is InChI=1S/C12H11F3N4O/c13-12(14,15)6-1-2-7-9(5-6)17-11(16-7)8-3-4-10(20)19-18-8/h3-4,6H,1-2,5H2,(H,16,17)(H,19,20). The van der Waals surface area contributed by atoms with Gasteiger partial charge in [-0.3, -0.25) is 4.79 Å². The van der Waals surface area contributed by atoms with Crippen molar-refractivity contribution in [3.63, 3.8) is 0 Å². The first kappa shape index (κ1) is 12.9. The highest BCUT2D eigenvalue weighted by Gasteiger charge is 2.42. The quantitative estimate of drug-likeness (QED) is 0.839. The maximum absolute atomic E-state index is 12.7. The Morgan fingerprint density at radius 2 is 2.10 bits per heavy atom. The Morgan fingerprint density at radius 3 is 2.75 bits per heavy atom. The number of aryl methyl sites for hydroxylation is 1. The molecule has 0 aliphatic heterocycles. The van der Waals surface area contributed by atoms with Gasteiger partial charge in [-0.25, -0.2) is 10.1 Å². The summed E-state index contributed by atoms with van der Waals surface area (Å²) in [7, 11) is 0. The van der Waals surface area contributed by atoms with Gasteiger partial charge in [-0.15, -0.1) is 0 Å². The number of alkyl halides is 3. The van der Waals surface area contributed by atoms with Crippen LogP contribution in [0, 0.1) is 5.92 Å². The molecule has 106 valence electrons. The smallest absolute Gasteiger partial charge is 0.340 e. The highest BCUT2D eigenvalue weighted by atomic mass is 19.4. The summed E-state index contributed by atoms with van der Waals surface area (Å²) in [5.74, 6) is -0.944. The van der Waals surface area contributed by atoms with E-state index in [1.54, 1.807) is 0 Å². The molecule has 1 unspecified atom stereocenters. The molecular formula is C12H11F3N4O. The van der Waals surface area contributed by atoms with Gasteiger partial charge in [0.25, 0.3) is 5.56 Å². The van der Waals surface area contributed by atoms with Crippen LogP contribution in [-0.2, 0) is 12.8 Å². The molecule has 0 spiro atoms. The molecule has 3 rings (SSSR count). The summed E-state index contributed by atoms with van der Waals surface area (Å²) in [6.45, 7) is 0. The minimum atomic E-state index is -4.18. The molecule has 0 bridgehead atoms. The summed E-state index contributed by atoms with van der Waals surface area (Å²) < 4.78 is 38.2. The molecule has 2 N–H and O–H groups in total. The van der Waals surface area contributed by atoms with Crippen molar-refractivity contribution in [1.82, 2.24) is 20.2 Å². The number of hydrogen-bond donors (Lipinski definition) is 2. The molecule has 1 aliphatic carbocycles. The number of nitrogens with zero attached hydrogens (tertiary/aromatic N) is 2. The highest BCUT2D eigenvalue weighted by Crippen LogP contribution is 2.36. The molecule has 2 aromatic rings. The first-order valence-corrected chi connectivity index (χ1v) is 6.14. The van der Waals surface area contributed by atoms with Crippen molar-refractivity contribution in [3.8, 4) is 11.5 Å². The molecule has 0 amide bonds. The fourth-order valence-electron chi connectivity index (χ4n) is 2.36. The van der Waals surface area contributed by atoms with Crippen molar-refractivity contribution >= 4 is 0 Å². The van der Waals surface area contributed by atoms with Gasteiger partial charge in [0.1, 0.15) is 5.69 Å². The second kappa shape index (κ2) is 4.46. The first-order chi connectivity index (χ1) is 9.43. The topological polar surface area (TPSA) is 74.4 Å². The van der Waals surface area contributed by atoms with Crippen LogP contribution in [0.2, 0.25) is 0 Å². The van der Waals surface area contributed by atoms with Crippen molar-refractivity contribution in [1.29, 1.82) is 0 Å².